The third kappa shape index (κ3) is 2.32. The lowest BCUT2D eigenvalue weighted by Gasteiger charge is -2.64. The number of fused-ring (bicyclic) bond motifs is 1. The van der Waals surface area contributed by atoms with E-state index < -0.39 is 23.2 Å². The van der Waals surface area contributed by atoms with Crippen molar-refractivity contribution in [3.63, 3.8) is 0 Å². The maximum absolute atomic E-state index is 13.7. The average Bonchev–Trinajstić information content (AvgIpc) is 3.54. The normalized spacial score (nSPS) is 36.1. The van der Waals surface area contributed by atoms with Crippen LogP contribution in [0, 0.1) is 12.8 Å². The summed E-state index contributed by atoms with van der Waals surface area (Å²) in [6.45, 7) is 3.71. The van der Waals surface area contributed by atoms with Crippen molar-refractivity contribution in [1.29, 1.82) is 0 Å². The van der Waals surface area contributed by atoms with E-state index in [0.29, 0.717) is 42.1 Å². The van der Waals surface area contributed by atoms with Gasteiger partial charge in [0.25, 0.3) is 11.8 Å². The Morgan fingerprint density at radius 3 is 2.69 bits per heavy atom. The molecule has 2 aromatic carbocycles. The second kappa shape index (κ2) is 6.69. The lowest BCUT2D eigenvalue weighted by Crippen LogP contribution is -2.78. The molecule has 3 aliphatic carbocycles. The summed E-state index contributed by atoms with van der Waals surface area (Å²) in [5, 5.41) is 23.5. The van der Waals surface area contributed by atoms with Gasteiger partial charge in [0.2, 0.25) is 0 Å². The van der Waals surface area contributed by atoms with Gasteiger partial charge in [-0.15, -0.1) is 0 Å². The first-order chi connectivity index (χ1) is 17.3. The SMILES string of the molecule is Cc1cccc2c1C(=O)N([C@@H]1CC[C@@]3(O)[C@H]4Cc5ccc(O)c6c5[C@@]3(CCN4CC3CC3)[C@H]1O6)C2=O. The average molecular weight is 487 g/mol. The molecule has 36 heavy (non-hydrogen) atoms. The minimum atomic E-state index is -1.04. The molecule has 1 saturated heterocycles. The van der Waals surface area contributed by atoms with Crippen LogP contribution in [0.15, 0.2) is 30.3 Å². The Kier molecular flexibility index (Phi) is 3.94. The summed E-state index contributed by atoms with van der Waals surface area (Å²) in [4.78, 5) is 31.2. The van der Waals surface area contributed by atoms with Crippen molar-refractivity contribution in [3.05, 3.63) is 58.1 Å². The van der Waals surface area contributed by atoms with Gasteiger partial charge in [-0.25, -0.2) is 0 Å². The molecule has 1 spiro atoms. The van der Waals surface area contributed by atoms with E-state index in [1.165, 1.54) is 17.7 Å². The maximum atomic E-state index is 13.7. The molecule has 5 atom stereocenters. The van der Waals surface area contributed by atoms with Crippen molar-refractivity contribution in [1.82, 2.24) is 9.80 Å². The van der Waals surface area contributed by atoms with Crippen LogP contribution in [0.1, 0.15) is 69.5 Å². The van der Waals surface area contributed by atoms with Crippen molar-refractivity contribution in [2.75, 3.05) is 13.1 Å². The highest BCUT2D eigenvalue weighted by Crippen LogP contribution is 2.66. The Morgan fingerprint density at radius 1 is 1.08 bits per heavy atom. The maximum Gasteiger partial charge on any atom is 0.262 e. The fraction of sp³-hybridized carbons (Fsp3) is 0.517. The Labute approximate surface area is 209 Å². The van der Waals surface area contributed by atoms with Crippen molar-refractivity contribution >= 4 is 11.8 Å². The summed E-state index contributed by atoms with van der Waals surface area (Å²) >= 11 is 0. The topological polar surface area (TPSA) is 90.3 Å². The van der Waals surface area contributed by atoms with Crippen molar-refractivity contribution in [3.8, 4) is 11.5 Å². The van der Waals surface area contributed by atoms with Crippen LogP contribution in [0.25, 0.3) is 0 Å². The minimum Gasteiger partial charge on any atom is -0.504 e. The van der Waals surface area contributed by atoms with Crippen LogP contribution < -0.4 is 4.74 Å². The molecule has 3 heterocycles. The zero-order chi connectivity index (χ0) is 24.6. The van der Waals surface area contributed by atoms with Gasteiger partial charge in [0.15, 0.2) is 11.5 Å². The molecule has 3 aliphatic heterocycles. The van der Waals surface area contributed by atoms with Crippen LogP contribution in [0.2, 0.25) is 0 Å². The van der Waals surface area contributed by atoms with Crippen LogP contribution in [-0.4, -0.2) is 68.7 Å². The number of phenolic OH excluding ortho intramolecular Hbond substituents is 1. The third-order valence-corrected chi connectivity index (χ3v) is 10.2. The van der Waals surface area contributed by atoms with Gasteiger partial charge in [0.1, 0.15) is 6.10 Å². The van der Waals surface area contributed by atoms with Crippen LogP contribution in [-0.2, 0) is 11.8 Å². The molecule has 2 amide bonds. The number of carbonyl (C=O) groups excluding carboxylic acids is 2. The summed E-state index contributed by atoms with van der Waals surface area (Å²) in [7, 11) is 0. The quantitative estimate of drug-likeness (QED) is 0.649. The van der Waals surface area contributed by atoms with E-state index in [-0.39, 0.29) is 23.6 Å². The number of hydrogen-bond acceptors (Lipinski definition) is 6. The molecule has 6 aliphatic rings. The van der Waals surface area contributed by atoms with Crippen LogP contribution in [0.5, 0.6) is 11.5 Å². The van der Waals surface area contributed by atoms with E-state index in [1.54, 1.807) is 12.1 Å². The number of carbonyl (C=O) groups is 2. The number of ether oxygens (including phenoxy) is 1. The predicted octanol–water partition coefficient (Wildman–Crippen LogP) is 2.93. The lowest BCUT2D eigenvalue weighted by molar-refractivity contribution is -0.196. The van der Waals surface area contributed by atoms with Crippen molar-refractivity contribution < 1.29 is 24.5 Å². The van der Waals surface area contributed by atoms with E-state index in [1.807, 2.05) is 25.1 Å². The lowest BCUT2D eigenvalue weighted by atomic mass is 9.48. The van der Waals surface area contributed by atoms with E-state index in [0.717, 1.165) is 36.2 Å². The molecule has 3 fully saturated rings. The van der Waals surface area contributed by atoms with Gasteiger partial charge >= 0.3 is 0 Å². The summed E-state index contributed by atoms with van der Waals surface area (Å²) in [6.07, 6.45) is 4.30. The molecule has 7 heteroatoms. The van der Waals surface area contributed by atoms with Crippen molar-refractivity contribution in [2.24, 2.45) is 5.92 Å². The van der Waals surface area contributed by atoms with E-state index >= 15 is 0 Å². The molecule has 2 N–H and O–H groups in total. The summed E-state index contributed by atoms with van der Waals surface area (Å²) in [6, 6.07) is 8.52. The number of benzene rings is 2. The Bertz CT molecular complexity index is 1370. The highest BCUT2D eigenvalue weighted by molar-refractivity contribution is 6.22. The number of phenols is 1. The number of hydrogen-bond donors (Lipinski definition) is 2. The molecule has 2 bridgehead atoms. The smallest absolute Gasteiger partial charge is 0.262 e. The highest BCUT2D eigenvalue weighted by Gasteiger charge is 2.74. The first-order valence-electron chi connectivity index (χ1n) is 13.3. The van der Waals surface area contributed by atoms with Crippen LogP contribution >= 0.6 is 0 Å². The number of rotatable bonds is 3. The molecule has 0 aromatic heterocycles. The molecule has 2 saturated carbocycles. The van der Waals surface area contributed by atoms with Gasteiger partial charge in [0, 0.05) is 18.2 Å². The molecule has 2 aromatic rings. The second-order valence-corrected chi connectivity index (χ2v) is 11.9. The highest BCUT2D eigenvalue weighted by atomic mass is 16.5. The van der Waals surface area contributed by atoms with Gasteiger partial charge in [-0.05, 0) is 81.2 Å². The molecule has 0 unspecified atom stereocenters. The summed E-state index contributed by atoms with van der Waals surface area (Å²) in [5.74, 6) is 0.656. The zero-order valence-corrected chi connectivity index (χ0v) is 20.4. The number of aromatic hydroxyl groups is 1. The first kappa shape index (κ1) is 21.2. The van der Waals surface area contributed by atoms with E-state index in [4.69, 9.17) is 4.74 Å². The van der Waals surface area contributed by atoms with Gasteiger partial charge in [-0.2, -0.15) is 0 Å². The molecule has 0 radical (unpaired) electrons. The Hall–Kier alpha value is -2.90. The standard InChI is InChI=1S/C29H30N2O5/c1-15-3-2-4-18-22(15)27(34)31(26(18)33)19-9-10-29(35)21-13-17-7-8-20(32)24-23(17)28(29,25(19)36-24)11-12-30(21)14-16-5-6-16/h2-4,7-8,16,19,21,25,32,35H,5-6,9-14H2,1H3/t19-,21-,25+,28+,29-/m1/s1. The van der Waals surface area contributed by atoms with Crippen LogP contribution in [0.3, 0.4) is 0 Å². The number of piperidine rings is 1. The second-order valence-electron chi connectivity index (χ2n) is 11.9. The van der Waals surface area contributed by atoms with Gasteiger partial charge in [-0.1, -0.05) is 18.2 Å². The molecular weight excluding hydrogens is 456 g/mol. The number of imide groups is 1. The van der Waals surface area contributed by atoms with E-state index in [2.05, 4.69) is 4.90 Å². The number of aliphatic hydroxyl groups is 1. The Morgan fingerprint density at radius 2 is 1.92 bits per heavy atom. The molecular formula is C29H30N2O5. The first-order valence-corrected chi connectivity index (χ1v) is 13.3. The number of aryl methyl sites for hydroxylation is 1. The fourth-order valence-electron chi connectivity index (χ4n) is 8.49. The third-order valence-electron chi connectivity index (χ3n) is 10.2. The van der Waals surface area contributed by atoms with Gasteiger partial charge in [-0.3, -0.25) is 19.4 Å². The fourth-order valence-corrected chi connectivity index (χ4v) is 8.49. The Balaban J connectivity index is 1.28. The predicted molar refractivity (Wildman–Crippen MR) is 130 cm³/mol. The number of amides is 2. The van der Waals surface area contributed by atoms with Gasteiger partial charge in [0.05, 0.1) is 28.2 Å². The van der Waals surface area contributed by atoms with Crippen molar-refractivity contribution in [2.45, 2.75) is 74.7 Å². The van der Waals surface area contributed by atoms with Gasteiger partial charge < -0.3 is 14.9 Å². The van der Waals surface area contributed by atoms with E-state index in [9.17, 15) is 19.8 Å². The minimum absolute atomic E-state index is 0.0358. The summed E-state index contributed by atoms with van der Waals surface area (Å²) < 4.78 is 6.58. The molecule has 7 nitrogen and oxygen atoms in total. The monoisotopic (exact) mass is 486 g/mol. The van der Waals surface area contributed by atoms with Crippen LogP contribution in [0.4, 0.5) is 0 Å². The number of nitrogens with zero attached hydrogens (tertiary/aromatic N) is 2. The largest absolute Gasteiger partial charge is 0.504 e. The molecule has 186 valence electrons. The zero-order valence-electron chi connectivity index (χ0n) is 20.4. The summed E-state index contributed by atoms with van der Waals surface area (Å²) in [5.41, 5.74) is 1.93. The number of likely N-dealkylation sites (tertiary alicyclic amines) is 1. The molecule has 8 rings (SSSR count).